The van der Waals surface area contributed by atoms with Crippen LogP contribution in [0.2, 0.25) is 5.02 Å². The molecule has 1 aliphatic rings. The quantitative estimate of drug-likeness (QED) is 0.359. The van der Waals surface area contributed by atoms with Gasteiger partial charge in [0.05, 0.1) is 16.3 Å². The van der Waals surface area contributed by atoms with Gasteiger partial charge in [-0.2, -0.15) is 10.4 Å². The van der Waals surface area contributed by atoms with Crippen molar-refractivity contribution in [3.05, 3.63) is 87.4 Å². The molecule has 0 unspecified atom stereocenters. The summed E-state index contributed by atoms with van der Waals surface area (Å²) in [5, 5.41) is 13.5. The van der Waals surface area contributed by atoms with Gasteiger partial charge in [0.2, 0.25) is 0 Å². The number of rotatable bonds is 2. The molecule has 1 fully saturated rings. The van der Waals surface area contributed by atoms with Crippen LogP contribution in [0.5, 0.6) is 0 Å². The lowest BCUT2D eigenvalue weighted by Gasteiger charge is -2.15. The molecule has 0 saturated carbocycles. The lowest BCUT2D eigenvalue weighted by Crippen LogP contribution is -2.30. The molecular weight excluding hydrogens is 487 g/mol. The number of benzene rings is 2. The largest absolute Gasteiger partial charge is 0.337 e. The van der Waals surface area contributed by atoms with E-state index in [1.54, 1.807) is 28.9 Å². The Kier molecular flexibility index (Phi) is 10.9. The third kappa shape index (κ3) is 8.72. The molecule has 0 aliphatic carbocycles. The van der Waals surface area contributed by atoms with Crippen LogP contribution in [0.1, 0.15) is 73.9 Å². The van der Waals surface area contributed by atoms with Crippen molar-refractivity contribution in [1.82, 2.24) is 14.7 Å². The Bertz CT molecular complexity index is 1240. The molecule has 2 aromatic carbocycles. The van der Waals surface area contributed by atoms with Crippen LogP contribution < -0.4 is 0 Å². The van der Waals surface area contributed by atoms with Gasteiger partial charge in [-0.25, -0.2) is 4.39 Å². The molecule has 0 bridgehead atoms. The summed E-state index contributed by atoms with van der Waals surface area (Å²) in [6.07, 6.45) is 1.88. The molecule has 5 nitrogen and oxygen atoms in total. The molecular formula is C30H38ClFN4O. The van der Waals surface area contributed by atoms with Crippen molar-refractivity contribution in [3.63, 3.8) is 0 Å². The van der Waals surface area contributed by atoms with E-state index in [0.717, 1.165) is 42.8 Å². The number of nitrogens with zero attached hydrogens (tertiary/aromatic N) is 4. The standard InChI is InChI=1S/C14H23N3O.C8H6ClN.C8H9F/c1-10-6-7-17(9-10)13(18)11-8-12(14(2,3)4)15-16(11)5;1-6-2-3-7(5-10)8(9)4-6;1-2-7-5-3-4-6-8(7)9/h8,10H,6-7,9H2,1-5H3;2-4H,1H3;3-6H,2H2,1H3/t10-;;/m0../s1. The first-order valence-corrected chi connectivity index (χ1v) is 13.0. The predicted molar refractivity (Wildman–Crippen MR) is 148 cm³/mol. The minimum absolute atomic E-state index is 0.0193. The van der Waals surface area contributed by atoms with E-state index < -0.39 is 0 Å². The van der Waals surface area contributed by atoms with Crippen LogP contribution in [-0.4, -0.2) is 33.7 Å². The number of likely N-dealkylation sites (tertiary alicyclic amines) is 1. The lowest BCUT2D eigenvalue weighted by atomic mass is 9.92. The average Bonchev–Trinajstić information content (AvgIpc) is 3.45. The number of hydrogen-bond acceptors (Lipinski definition) is 3. The Balaban J connectivity index is 0.000000214. The van der Waals surface area contributed by atoms with E-state index in [0.29, 0.717) is 22.2 Å². The SMILES string of the molecule is CCc1ccccc1F.C[C@H]1CCN(C(=O)c2cc(C(C)(C)C)nn2C)C1.Cc1ccc(C#N)c(Cl)c1. The molecule has 0 spiro atoms. The maximum atomic E-state index is 12.6. The van der Waals surface area contributed by atoms with Crippen molar-refractivity contribution in [2.45, 2.75) is 59.8 Å². The zero-order chi connectivity index (χ0) is 27.8. The number of carbonyl (C=O) groups excluding carboxylic acids is 1. The monoisotopic (exact) mass is 524 g/mol. The minimum Gasteiger partial charge on any atom is -0.337 e. The number of hydrogen-bond donors (Lipinski definition) is 0. The van der Waals surface area contributed by atoms with Gasteiger partial charge in [-0.15, -0.1) is 0 Å². The number of halogens is 2. The predicted octanol–water partition coefficient (Wildman–Crippen LogP) is 7.11. The van der Waals surface area contributed by atoms with Gasteiger partial charge in [0.1, 0.15) is 17.6 Å². The second-order valence-corrected chi connectivity index (χ2v) is 10.9. The molecule has 3 aromatic rings. The van der Waals surface area contributed by atoms with Crippen LogP contribution >= 0.6 is 11.6 Å². The lowest BCUT2D eigenvalue weighted by molar-refractivity contribution is 0.0777. The first-order chi connectivity index (χ1) is 17.4. The normalized spacial score (nSPS) is 14.7. The van der Waals surface area contributed by atoms with Gasteiger partial charge in [-0.05, 0) is 61.1 Å². The fourth-order valence-corrected chi connectivity index (χ4v) is 4.09. The summed E-state index contributed by atoms with van der Waals surface area (Å²) in [6, 6.07) is 16.1. The number of aromatic nitrogens is 2. The fourth-order valence-electron chi connectivity index (χ4n) is 3.81. The molecule has 198 valence electrons. The van der Waals surface area contributed by atoms with Crippen molar-refractivity contribution in [2.24, 2.45) is 13.0 Å². The van der Waals surface area contributed by atoms with Crippen LogP contribution in [0, 0.1) is 30.0 Å². The molecule has 1 saturated heterocycles. The summed E-state index contributed by atoms with van der Waals surface area (Å²) in [5.41, 5.74) is 4.05. The zero-order valence-electron chi connectivity index (χ0n) is 23.0. The van der Waals surface area contributed by atoms with Crippen LogP contribution in [0.25, 0.3) is 0 Å². The minimum atomic E-state index is -0.0972. The van der Waals surface area contributed by atoms with Gasteiger partial charge in [0.25, 0.3) is 5.91 Å². The van der Waals surface area contributed by atoms with Gasteiger partial charge in [0.15, 0.2) is 0 Å². The fraction of sp³-hybridized carbons (Fsp3) is 0.433. The smallest absolute Gasteiger partial charge is 0.272 e. The highest BCUT2D eigenvalue weighted by molar-refractivity contribution is 6.31. The second-order valence-electron chi connectivity index (χ2n) is 10.5. The van der Waals surface area contributed by atoms with Crippen LogP contribution in [0.15, 0.2) is 48.5 Å². The van der Waals surface area contributed by atoms with Crippen molar-refractivity contribution in [3.8, 4) is 6.07 Å². The molecule has 1 amide bonds. The Labute approximate surface area is 225 Å². The van der Waals surface area contributed by atoms with Crippen molar-refractivity contribution >= 4 is 17.5 Å². The number of aryl methyl sites for hydroxylation is 3. The van der Waals surface area contributed by atoms with Crippen molar-refractivity contribution < 1.29 is 9.18 Å². The molecule has 0 radical (unpaired) electrons. The van der Waals surface area contributed by atoms with Gasteiger partial charge in [0, 0.05) is 25.6 Å². The summed E-state index contributed by atoms with van der Waals surface area (Å²) in [5.74, 6) is 0.633. The van der Waals surface area contributed by atoms with E-state index in [4.69, 9.17) is 16.9 Å². The van der Waals surface area contributed by atoms with E-state index in [1.165, 1.54) is 6.07 Å². The Hall–Kier alpha value is -3.17. The Morgan fingerprint density at radius 3 is 2.35 bits per heavy atom. The molecule has 1 aliphatic heterocycles. The molecule has 4 rings (SSSR count). The molecule has 0 N–H and O–H groups in total. The third-order valence-electron chi connectivity index (χ3n) is 6.16. The summed E-state index contributed by atoms with van der Waals surface area (Å²) in [4.78, 5) is 14.4. The first-order valence-electron chi connectivity index (χ1n) is 12.6. The van der Waals surface area contributed by atoms with Crippen molar-refractivity contribution in [2.75, 3.05) is 13.1 Å². The van der Waals surface area contributed by atoms with Gasteiger partial charge in [-0.1, -0.05) is 70.5 Å². The van der Waals surface area contributed by atoms with Gasteiger partial charge in [-0.3, -0.25) is 9.48 Å². The highest BCUT2D eigenvalue weighted by Gasteiger charge is 2.28. The summed E-state index contributed by atoms with van der Waals surface area (Å²) >= 11 is 5.71. The summed E-state index contributed by atoms with van der Waals surface area (Å²) in [6.45, 7) is 14.2. The molecule has 2 heterocycles. The molecule has 1 aromatic heterocycles. The van der Waals surface area contributed by atoms with E-state index in [-0.39, 0.29) is 17.1 Å². The van der Waals surface area contributed by atoms with Crippen LogP contribution in [-0.2, 0) is 18.9 Å². The van der Waals surface area contributed by atoms with Crippen LogP contribution in [0.3, 0.4) is 0 Å². The zero-order valence-corrected chi connectivity index (χ0v) is 23.7. The van der Waals surface area contributed by atoms with E-state index in [2.05, 4.69) is 32.8 Å². The second kappa shape index (κ2) is 13.4. The number of nitriles is 1. The molecule has 37 heavy (non-hydrogen) atoms. The molecule has 1 atom stereocenters. The van der Waals surface area contributed by atoms with Crippen molar-refractivity contribution in [1.29, 1.82) is 5.26 Å². The topological polar surface area (TPSA) is 61.9 Å². The van der Waals surface area contributed by atoms with E-state index in [9.17, 15) is 9.18 Å². The van der Waals surface area contributed by atoms with Gasteiger partial charge >= 0.3 is 0 Å². The summed E-state index contributed by atoms with van der Waals surface area (Å²) in [7, 11) is 1.85. The highest BCUT2D eigenvalue weighted by Crippen LogP contribution is 2.23. The maximum absolute atomic E-state index is 12.6. The van der Waals surface area contributed by atoms with Gasteiger partial charge < -0.3 is 4.90 Å². The maximum Gasteiger partial charge on any atom is 0.272 e. The highest BCUT2D eigenvalue weighted by atomic mass is 35.5. The third-order valence-corrected chi connectivity index (χ3v) is 6.47. The number of carbonyl (C=O) groups is 1. The number of amides is 1. The first kappa shape index (κ1) is 30.1. The average molecular weight is 525 g/mol. The van der Waals surface area contributed by atoms with Crippen LogP contribution in [0.4, 0.5) is 4.39 Å². The molecule has 7 heteroatoms. The van der Waals surface area contributed by atoms with E-state index in [1.807, 2.05) is 50.1 Å². The Morgan fingerprint density at radius 2 is 1.89 bits per heavy atom. The summed E-state index contributed by atoms with van der Waals surface area (Å²) < 4.78 is 14.3. The Morgan fingerprint density at radius 1 is 1.22 bits per heavy atom. The van der Waals surface area contributed by atoms with E-state index >= 15 is 0 Å².